The second-order valence-corrected chi connectivity index (χ2v) is 5.54. The number of carbonyl (C=O) groups is 1. The van der Waals surface area contributed by atoms with Crippen LogP contribution in [0.3, 0.4) is 0 Å². The number of nitrogens with zero attached hydrogens (tertiary/aromatic N) is 5. The Morgan fingerprint density at radius 1 is 1.45 bits per heavy atom. The molecule has 0 radical (unpaired) electrons. The maximum absolute atomic E-state index is 12.7. The van der Waals surface area contributed by atoms with Crippen LogP contribution in [-0.4, -0.2) is 44.1 Å². The highest BCUT2D eigenvalue weighted by Crippen LogP contribution is 2.38. The van der Waals surface area contributed by atoms with E-state index in [1.807, 2.05) is 19.3 Å². The van der Waals surface area contributed by atoms with E-state index < -0.39 is 5.54 Å². The third-order valence-corrected chi connectivity index (χ3v) is 4.22. The van der Waals surface area contributed by atoms with E-state index in [1.165, 1.54) is 0 Å². The van der Waals surface area contributed by atoms with Crippen LogP contribution in [0.2, 0.25) is 0 Å². The van der Waals surface area contributed by atoms with Crippen molar-refractivity contribution in [3.8, 4) is 0 Å². The van der Waals surface area contributed by atoms with Gasteiger partial charge >= 0.3 is 0 Å². The SMILES string of the molecule is CNC(=O)[C@@]1(c2cnccn2)CCCN1Cc1ccn(C)n1. The average Bonchev–Trinajstić information content (AvgIpc) is 3.15. The third kappa shape index (κ3) is 2.37. The van der Waals surface area contributed by atoms with Gasteiger partial charge in [0.1, 0.15) is 5.54 Å². The molecule has 7 nitrogen and oxygen atoms in total. The molecule has 2 aromatic rings. The maximum atomic E-state index is 12.7. The van der Waals surface area contributed by atoms with Gasteiger partial charge in [0.05, 0.1) is 17.6 Å². The predicted octanol–water partition coefficient (Wildman–Crippen LogP) is 0.447. The Morgan fingerprint density at radius 3 is 2.95 bits per heavy atom. The molecule has 3 rings (SSSR count). The van der Waals surface area contributed by atoms with Crippen LogP contribution in [0.5, 0.6) is 0 Å². The molecule has 1 fully saturated rings. The highest BCUT2D eigenvalue weighted by molar-refractivity contribution is 5.87. The molecule has 116 valence electrons. The van der Waals surface area contributed by atoms with E-state index in [0.29, 0.717) is 12.2 Å². The van der Waals surface area contributed by atoms with E-state index in [4.69, 9.17) is 0 Å². The predicted molar refractivity (Wildman–Crippen MR) is 80.6 cm³/mol. The zero-order chi connectivity index (χ0) is 15.6. The van der Waals surface area contributed by atoms with Crippen LogP contribution < -0.4 is 5.32 Å². The van der Waals surface area contributed by atoms with Crippen molar-refractivity contribution in [2.75, 3.05) is 13.6 Å². The second-order valence-electron chi connectivity index (χ2n) is 5.54. The number of aryl methyl sites for hydroxylation is 1. The monoisotopic (exact) mass is 300 g/mol. The minimum atomic E-state index is -0.763. The van der Waals surface area contributed by atoms with Gasteiger partial charge in [0.2, 0.25) is 5.91 Å². The summed E-state index contributed by atoms with van der Waals surface area (Å²) < 4.78 is 1.77. The number of hydrogen-bond donors (Lipinski definition) is 1. The van der Waals surface area contributed by atoms with Gasteiger partial charge in [-0.15, -0.1) is 0 Å². The summed E-state index contributed by atoms with van der Waals surface area (Å²) >= 11 is 0. The van der Waals surface area contributed by atoms with E-state index in [9.17, 15) is 4.79 Å². The first kappa shape index (κ1) is 14.6. The van der Waals surface area contributed by atoms with Gasteiger partial charge in [0, 0.05) is 45.8 Å². The Labute approximate surface area is 129 Å². The van der Waals surface area contributed by atoms with Crippen LogP contribution in [0.1, 0.15) is 24.2 Å². The van der Waals surface area contributed by atoms with Crippen molar-refractivity contribution in [2.24, 2.45) is 7.05 Å². The van der Waals surface area contributed by atoms with Crippen molar-refractivity contribution in [3.05, 3.63) is 42.2 Å². The van der Waals surface area contributed by atoms with Crippen LogP contribution in [0.4, 0.5) is 0 Å². The standard InChI is InChI=1S/C15H20N6O/c1-16-14(22)15(13-10-17-6-7-18-13)5-3-8-21(15)11-12-4-9-20(2)19-12/h4,6-7,9-10H,3,5,8,11H2,1-2H3,(H,16,22)/t15-/m0/s1. The number of likely N-dealkylation sites (N-methyl/N-ethyl adjacent to an activating group) is 1. The van der Waals surface area contributed by atoms with Crippen molar-refractivity contribution in [1.82, 2.24) is 30.0 Å². The van der Waals surface area contributed by atoms with Crippen LogP contribution in [0.15, 0.2) is 30.9 Å². The van der Waals surface area contributed by atoms with Gasteiger partial charge < -0.3 is 5.32 Å². The molecule has 1 aliphatic rings. The van der Waals surface area contributed by atoms with Crippen LogP contribution in [-0.2, 0) is 23.9 Å². The molecule has 7 heteroatoms. The Morgan fingerprint density at radius 2 is 2.32 bits per heavy atom. The number of aromatic nitrogens is 4. The Bertz CT molecular complexity index is 655. The quantitative estimate of drug-likeness (QED) is 0.887. The van der Waals surface area contributed by atoms with E-state index in [0.717, 1.165) is 25.1 Å². The van der Waals surface area contributed by atoms with Gasteiger partial charge in [0.15, 0.2) is 0 Å². The number of carbonyl (C=O) groups excluding carboxylic acids is 1. The van der Waals surface area contributed by atoms with Gasteiger partial charge in [-0.1, -0.05) is 0 Å². The zero-order valence-corrected chi connectivity index (χ0v) is 12.9. The average molecular weight is 300 g/mol. The van der Waals surface area contributed by atoms with E-state index in [-0.39, 0.29) is 5.91 Å². The topological polar surface area (TPSA) is 75.9 Å². The Kier molecular flexibility index (Phi) is 3.89. The second kappa shape index (κ2) is 5.84. The summed E-state index contributed by atoms with van der Waals surface area (Å²) in [5, 5.41) is 7.22. The molecule has 0 bridgehead atoms. The first-order chi connectivity index (χ1) is 10.7. The number of rotatable bonds is 4. The van der Waals surface area contributed by atoms with E-state index >= 15 is 0 Å². The van der Waals surface area contributed by atoms with Crippen LogP contribution in [0.25, 0.3) is 0 Å². The van der Waals surface area contributed by atoms with Crippen molar-refractivity contribution in [3.63, 3.8) is 0 Å². The molecule has 0 spiro atoms. The molecule has 3 heterocycles. The Hall–Kier alpha value is -2.28. The lowest BCUT2D eigenvalue weighted by Gasteiger charge is -2.35. The van der Waals surface area contributed by atoms with E-state index in [2.05, 4.69) is 25.3 Å². The molecule has 1 aliphatic heterocycles. The van der Waals surface area contributed by atoms with Gasteiger partial charge in [-0.3, -0.25) is 24.3 Å². The normalized spacial score (nSPS) is 21.9. The van der Waals surface area contributed by atoms with Crippen molar-refractivity contribution in [1.29, 1.82) is 0 Å². The van der Waals surface area contributed by atoms with E-state index in [1.54, 1.807) is 30.3 Å². The van der Waals surface area contributed by atoms with Gasteiger partial charge in [-0.2, -0.15) is 5.10 Å². The molecule has 0 aromatic carbocycles. The Balaban J connectivity index is 1.98. The lowest BCUT2D eigenvalue weighted by Crippen LogP contribution is -2.52. The fraction of sp³-hybridized carbons (Fsp3) is 0.467. The van der Waals surface area contributed by atoms with Crippen molar-refractivity contribution < 1.29 is 4.79 Å². The first-order valence-electron chi connectivity index (χ1n) is 7.39. The molecule has 1 N–H and O–H groups in total. The smallest absolute Gasteiger partial charge is 0.246 e. The number of amides is 1. The largest absolute Gasteiger partial charge is 0.357 e. The summed E-state index contributed by atoms with van der Waals surface area (Å²) in [7, 11) is 3.56. The number of likely N-dealkylation sites (tertiary alicyclic amines) is 1. The third-order valence-electron chi connectivity index (χ3n) is 4.22. The molecule has 1 amide bonds. The van der Waals surface area contributed by atoms with Gasteiger partial charge in [-0.25, -0.2) is 0 Å². The van der Waals surface area contributed by atoms with Gasteiger partial charge in [0.25, 0.3) is 0 Å². The number of hydrogen-bond acceptors (Lipinski definition) is 5. The highest BCUT2D eigenvalue weighted by Gasteiger charge is 2.49. The number of nitrogens with one attached hydrogen (secondary N) is 1. The van der Waals surface area contributed by atoms with Crippen molar-refractivity contribution >= 4 is 5.91 Å². The molecule has 0 saturated carbocycles. The summed E-state index contributed by atoms with van der Waals surface area (Å²) in [6, 6.07) is 1.98. The molecular formula is C15H20N6O. The summed E-state index contributed by atoms with van der Waals surface area (Å²) in [5.41, 5.74) is 0.880. The minimum Gasteiger partial charge on any atom is -0.357 e. The molecule has 22 heavy (non-hydrogen) atoms. The fourth-order valence-corrected chi connectivity index (χ4v) is 3.21. The summed E-state index contributed by atoms with van der Waals surface area (Å²) in [6.07, 6.45) is 8.53. The molecule has 1 atom stereocenters. The summed E-state index contributed by atoms with van der Waals surface area (Å²) in [4.78, 5) is 23.4. The highest BCUT2D eigenvalue weighted by atomic mass is 16.2. The maximum Gasteiger partial charge on any atom is 0.246 e. The van der Waals surface area contributed by atoms with Crippen LogP contribution in [0, 0.1) is 0 Å². The molecule has 2 aromatic heterocycles. The molecular weight excluding hydrogens is 280 g/mol. The lowest BCUT2D eigenvalue weighted by molar-refractivity contribution is -0.132. The lowest BCUT2D eigenvalue weighted by atomic mass is 9.90. The van der Waals surface area contributed by atoms with Crippen LogP contribution >= 0.6 is 0 Å². The fourth-order valence-electron chi connectivity index (χ4n) is 3.21. The van der Waals surface area contributed by atoms with Gasteiger partial charge in [-0.05, 0) is 18.9 Å². The molecule has 0 unspecified atom stereocenters. The minimum absolute atomic E-state index is 0.0403. The first-order valence-corrected chi connectivity index (χ1v) is 7.39. The molecule has 1 saturated heterocycles. The molecule has 0 aliphatic carbocycles. The zero-order valence-electron chi connectivity index (χ0n) is 12.9. The van der Waals surface area contributed by atoms with Crippen molar-refractivity contribution in [2.45, 2.75) is 24.9 Å². The summed E-state index contributed by atoms with van der Waals surface area (Å²) in [6.45, 7) is 1.45. The summed E-state index contributed by atoms with van der Waals surface area (Å²) in [5.74, 6) is -0.0403.